The predicted molar refractivity (Wildman–Crippen MR) is 80.6 cm³/mol. The Balaban J connectivity index is 2.29. The number of hydrogen-bond acceptors (Lipinski definition) is 1. The average Bonchev–Trinajstić information content (AvgIpc) is 2.41. The van der Waals surface area contributed by atoms with Crippen molar-refractivity contribution in [2.45, 2.75) is 19.4 Å². The summed E-state index contributed by atoms with van der Waals surface area (Å²) in [4.78, 5) is 0. The van der Waals surface area contributed by atoms with E-state index < -0.39 is 5.82 Å². The molecule has 0 saturated carbocycles. The van der Waals surface area contributed by atoms with Crippen LogP contribution in [0, 0.1) is 11.6 Å². The molecule has 2 aromatic carbocycles. The van der Waals surface area contributed by atoms with Crippen molar-refractivity contribution < 1.29 is 8.78 Å². The lowest BCUT2D eigenvalue weighted by atomic mass is 9.98. The molecular formula is C16H16BrF2N. The maximum Gasteiger partial charge on any atom is 0.128 e. The first kappa shape index (κ1) is 15.1. The van der Waals surface area contributed by atoms with Crippen LogP contribution in [0.25, 0.3) is 0 Å². The molecule has 0 radical (unpaired) electrons. The zero-order valence-corrected chi connectivity index (χ0v) is 12.8. The highest BCUT2D eigenvalue weighted by atomic mass is 79.9. The van der Waals surface area contributed by atoms with E-state index in [0.717, 1.165) is 16.1 Å². The number of rotatable bonds is 5. The summed E-state index contributed by atoms with van der Waals surface area (Å²) in [6, 6.07) is 11.2. The highest BCUT2D eigenvalue weighted by Gasteiger charge is 2.16. The van der Waals surface area contributed by atoms with Gasteiger partial charge in [-0.3, -0.25) is 0 Å². The fraction of sp³-hybridized carbons (Fsp3) is 0.250. The van der Waals surface area contributed by atoms with Gasteiger partial charge in [0, 0.05) is 16.1 Å². The third-order valence-corrected chi connectivity index (χ3v) is 3.61. The van der Waals surface area contributed by atoms with Crippen molar-refractivity contribution in [1.29, 1.82) is 0 Å². The first-order valence-electron chi connectivity index (χ1n) is 6.53. The summed E-state index contributed by atoms with van der Waals surface area (Å²) >= 11 is 3.42. The Hall–Kier alpha value is -1.26. The normalized spacial score (nSPS) is 12.4. The molecule has 4 heteroatoms. The van der Waals surface area contributed by atoms with Gasteiger partial charge in [-0.1, -0.05) is 35.0 Å². The lowest BCUT2D eigenvalue weighted by Gasteiger charge is -2.19. The average molecular weight is 340 g/mol. The quantitative estimate of drug-likeness (QED) is 0.837. The molecule has 0 heterocycles. The Morgan fingerprint density at radius 1 is 1.15 bits per heavy atom. The summed E-state index contributed by atoms with van der Waals surface area (Å²) in [5, 5.41) is 3.21. The summed E-state index contributed by atoms with van der Waals surface area (Å²) in [5.74, 6) is -0.800. The first-order chi connectivity index (χ1) is 9.60. The number of nitrogens with one attached hydrogen (secondary N) is 1. The van der Waals surface area contributed by atoms with E-state index in [2.05, 4.69) is 21.2 Å². The van der Waals surface area contributed by atoms with E-state index in [9.17, 15) is 8.78 Å². The highest BCUT2D eigenvalue weighted by Crippen LogP contribution is 2.23. The van der Waals surface area contributed by atoms with Crippen LogP contribution in [0.4, 0.5) is 8.78 Å². The first-order valence-corrected chi connectivity index (χ1v) is 7.32. The van der Waals surface area contributed by atoms with Crippen LogP contribution in [0.1, 0.15) is 24.1 Å². The summed E-state index contributed by atoms with van der Waals surface area (Å²) < 4.78 is 28.2. The Labute approximate surface area is 126 Å². The zero-order valence-electron chi connectivity index (χ0n) is 11.2. The summed E-state index contributed by atoms with van der Waals surface area (Å²) in [6.07, 6.45) is 0.605. The van der Waals surface area contributed by atoms with Crippen LogP contribution >= 0.6 is 15.9 Å². The fourth-order valence-corrected chi connectivity index (χ4v) is 2.67. The SMILES string of the molecule is CCNC(Cc1cccc(Br)c1)c1cc(F)ccc1F. The standard InChI is InChI=1S/C16H16BrF2N/c1-2-20-16(9-11-4-3-5-12(17)8-11)14-10-13(18)6-7-15(14)19/h3-8,10,16,20H,2,9H2,1H3. The van der Waals surface area contributed by atoms with Crippen LogP contribution in [0.15, 0.2) is 46.9 Å². The Kier molecular flexibility index (Phi) is 5.26. The summed E-state index contributed by atoms with van der Waals surface area (Å²) in [7, 11) is 0. The molecule has 0 fully saturated rings. The zero-order chi connectivity index (χ0) is 14.5. The number of halogens is 3. The van der Waals surface area contributed by atoms with Crippen LogP contribution in [0.2, 0.25) is 0 Å². The largest absolute Gasteiger partial charge is 0.310 e. The van der Waals surface area contributed by atoms with Crippen molar-refractivity contribution in [2.75, 3.05) is 6.54 Å². The van der Waals surface area contributed by atoms with E-state index in [-0.39, 0.29) is 11.9 Å². The van der Waals surface area contributed by atoms with Gasteiger partial charge in [0.15, 0.2) is 0 Å². The molecule has 1 unspecified atom stereocenters. The molecule has 0 aliphatic heterocycles. The Bertz CT molecular complexity index is 586. The summed E-state index contributed by atoms with van der Waals surface area (Å²) in [6.45, 7) is 2.64. The van der Waals surface area contributed by atoms with Crippen molar-refractivity contribution in [2.24, 2.45) is 0 Å². The second kappa shape index (κ2) is 6.95. The molecule has 0 bridgehead atoms. The lowest BCUT2D eigenvalue weighted by molar-refractivity contribution is 0.502. The fourth-order valence-electron chi connectivity index (χ4n) is 2.22. The molecule has 1 N–H and O–H groups in total. The van der Waals surface area contributed by atoms with Gasteiger partial charge in [0.1, 0.15) is 11.6 Å². The van der Waals surface area contributed by atoms with Gasteiger partial charge in [0.2, 0.25) is 0 Å². The van der Waals surface area contributed by atoms with Crippen LogP contribution in [-0.2, 0) is 6.42 Å². The molecule has 0 aliphatic carbocycles. The topological polar surface area (TPSA) is 12.0 Å². The van der Waals surface area contributed by atoms with Gasteiger partial charge in [0.25, 0.3) is 0 Å². The van der Waals surface area contributed by atoms with E-state index in [1.54, 1.807) is 0 Å². The van der Waals surface area contributed by atoms with E-state index in [0.29, 0.717) is 18.5 Å². The van der Waals surface area contributed by atoms with Crippen molar-refractivity contribution in [3.05, 3.63) is 69.7 Å². The van der Waals surface area contributed by atoms with E-state index >= 15 is 0 Å². The van der Waals surface area contributed by atoms with E-state index in [1.807, 2.05) is 31.2 Å². The van der Waals surface area contributed by atoms with E-state index in [1.165, 1.54) is 12.1 Å². The Morgan fingerprint density at radius 2 is 1.95 bits per heavy atom. The molecule has 0 amide bonds. The number of likely N-dealkylation sites (N-methyl/N-ethyl adjacent to an activating group) is 1. The number of benzene rings is 2. The molecule has 0 saturated heterocycles. The monoisotopic (exact) mass is 339 g/mol. The van der Waals surface area contributed by atoms with Gasteiger partial charge in [0.05, 0.1) is 0 Å². The highest BCUT2D eigenvalue weighted by molar-refractivity contribution is 9.10. The maximum absolute atomic E-state index is 13.9. The molecule has 1 nitrogen and oxygen atoms in total. The van der Waals surface area contributed by atoms with Gasteiger partial charge >= 0.3 is 0 Å². The van der Waals surface area contributed by atoms with Crippen molar-refractivity contribution >= 4 is 15.9 Å². The molecule has 0 spiro atoms. The molecule has 1 atom stereocenters. The molecule has 20 heavy (non-hydrogen) atoms. The maximum atomic E-state index is 13.9. The predicted octanol–water partition coefficient (Wildman–Crippen LogP) is 4.62. The van der Waals surface area contributed by atoms with Crippen LogP contribution in [-0.4, -0.2) is 6.54 Å². The van der Waals surface area contributed by atoms with Gasteiger partial charge in [-0.2, -0.15) is 0 Å². The molecule has 106 valence electrons. The van der Waals surface area contributed by atoms with Crippen LogP contribution in [0.5, 0.6) is 0 Å². The van der Waals surface area contributed by atoms with Crippen LogP contribution in [0.3, 0.4) is 0 Å². The number of hydrogen-bond donors (Lipinski definition) is 1. The minimum absolute atomic E-state index is 0.245. The second-order valence-electron chi connectivity index (χ2n) is 4.61. The lowest BCUT2D eigenvalue weighted by Crippen LogP contribution is -2.24. The summed E-state index contributed by atoms with van der Waals surface area (Å²) in [5.41, 5.74) is 1.43. The molecule has 0 aliphatic rings. The van der Waals surface area contributed by atoms with Crippen molar-refractivity contribution in [3.8, 4) is 0 Å². The van der Waals surface area contributed by atoms with Crippen molar-refractivity contribution in [1.82, 2.24) is 5.32 Å². The van der Waals surface area contributed by atoms with E-state index in [4.69, 9.17) is 0 Å². The van der Waals surface area contributed by atoms with Gasteiger partial charge in [-0.25, -0.2) is 8.78 Å². The molecule has 2 aromatic rings. The van der Waals surface area contributed by atoms with Gasteiger partial charge in [-0.15, -0.1) is 0 Å². The third kappa shape index (κ3) is 3.87. The van der Waals surface area contributed by atoms with Crippen LogP contribution < -0.4 is 5.32 Å². The Morgan fingerprint density at radius 3 is 2.65 bits per heavy atom. The minimum atomic E-state index is -0.418. The smallest absolute Gasteiger partial charge is 0.128 e. The van der Waals surface area contributed by atoms with Gasteiger partial charge in [-0.05, 0) is 48.9 Å². The second-order valence-corrected chi connectivity index (χ2v) is 5.53. The van der Waals surface area contributed by atoms with Gasteiger partial charge < -0.3 is 5.32 Å². The van der Waals surface area contributed by atoms with Crippen molar-refractivity contribution in [3.63, 3.8) is 0 Å². The molecule has 2 rings (SSSR count). The minimum Gasteiger partial charge on any atom is -0.310 e. The third-order valence-electron chi connectivity index (χ3n) is 3.11. The molecule has 0 aromatic heterocycles. The molecular weight excluding hydrogens is 324 g/mol.